The smallest absolute Gasteiger partial charge is 0.354 e. The van der Waals surface area contributed by atoms with Crippen molar-refractivity contribution < 1.29 is 26.3 Å². The number of nitrogens with one attached hydrogen (secondary N) is 2. The molecule has 2 nitrogen and oxygen atoms in total. The monoisotopic (exact) mass is 396 g/mol. The number of hydrogen-bond donors (Lipinski definition) is 2. The van der Waals surface area contributed by atoms with E-state index in [0.717, 1.165) is 24.3 Å². The van der Waals surface area contributed by atoms with Gasteiger partial charge in [0.2, 0.25) is 0 Å². The summed E-state index contributed by atoms with van der Waals surface area (Å²) in [4.78, 5) is 0. The van der Waals surface area contributed by atoms with Gasteiger partial charge in [0.1, 0.15) is 0 Å². The van der Waals surface area contributed by atoms with Crippen molar-refractivity contribution >= 4 is 22.7 Å². The van der Waals surface area contributed by atoms with Crippen LogP contribution in [0.25, 0.3) is 0 Å². The van der Waals surface area contributed by atoms with Crippen molar-refractivity contribution in [3.63, 3.8) is 0 Å². The van der Waals surface area contributed by atoms with Gasteiger partial charge in [0, 0.05) is 11.4 Å². The lowest BCUT2D eigenvalue weighted by atomic mass is 10.1. The van der Waals surface area contributed by atoms with Crippen LogP contribution in [-0.4, -0.2) is 0 Å². The standard InChI is InChI=1S/C20H14F6N2/c21-19(22,23)13-5-3-7-15(11-13)27-17-9-1-2-10-18(17)28-16-8-4-6-14(12-16)20(24,25)26/h1-12,27-28H. The van der Waals surface area contributed by atoms with Crippen LogP contribution < -0.4 is 10.6 Å². The van der Waals surface area contributed by atoms with Gasteiger partial charge in [0.15, 0.2) is 0 Å². The van der Waals surface area contributed by atoms with E-state index < -0.39 is 23.5 Å². The third-order valence-electron chi connectivity index (χ3n) is 3.86. The molecule has 2 N–H and O–H groups in total. The largest absolute Gasteiger partial charge is 0.416 e. The number of para-hydroxylation sites is 2. The topological polar surface area (TPSA) is 24.1 Å². The molecule has 0 fully saturated rings. The number of benzene rings is 3. The van der Waals surface area contributed by atoms with E-state index in [2.05, 4.69) is 10.6 Å². The molecule has 0 heterocycles. The van der Waals surface area contributed by atoms with Crippen LogP contribution >= 0.6 is 0 Å². The highest BCUT2D eigenvalue weighted by molar-refractivity contribution is 5.78. The molecule has 3 aromatic carbocycles. The van der Waals surface area contributed by atoms with E-state index in [1.807, 2.05) is 0 Å². The molecule has 0 unspecified atom stereocenters. The quantitative estimate of drug-likeness (QED) is 0.455. The van der Waals surface area contributed by atoms with Gasteiger partial charge in [-0.05, 0) is 48.5 Å². The first-order valence-corrected chi connectivity index (χ1v) is 8.10. The minimum atomic E-state index is -4.48. The molecule has 0 aliphatic rings. The summed E-state index contributed by atoms with van der Waals surface area (Å²) in [6.07, 6.45) is -8.96. The lowest BCUT2D eigenvalue weighted by Crippen LogP contribution is -2.06. The van der Waals surface area contributed by atoms with Crippen LogP contribution in [0.4, 0.5) is 49.1 Å². The summed E-state index contributed by atoms with van der Waals surface area (Å²) in [6, 6.07) is 15.8. The third kappa shape index (κ3) is 4.76. The zero-order valence-electron chi connectivity index (χ0n) is 14.2. The van der Waals surface area contributed by atoms with Crippen molar-refractivity contribution in [1.29, 1.82) is 0 Å². The molecule has 0 aromatic heterocycles. The number of halogens is 6. The Morgan fingerprint density at radius 3 is 1.25 bits per heavy atom. The van der Waals surface area contributed by atoms with Gasteiger partial charge in [-0.15, -0.1) is 0 Å². The average Bonchev–Trinajstić information content (AvgIpc) is 2.62. The molecule has 0 radical (unpaired) electrons. The van der Waals surface area contributed by atoms with Crippen LogP contribution in [0.1, 0.15) is 11.1 Å². The van der Waals surface area contributed by atoms with Crippen LogP contribution in [-0.2, 0) is 12.4 Å². The Morgan fingerprint density at radius 2 is 0.893 bits per heavy atom. The number of alkyl halides is 6. The molecule has 28 heavy (non-hydrogen) atoms. The Kier molecular flexibility index (Phi) is 5.22. The molecule has 0 spiro atoms. The molecule has 0 amide bonds. The van der Waals surface area contributed by atoms with Gasteiger partial charge in [0.25, 0.3) is 0 Å². The van der Waals surface area contributed by atoms with Crippen LogP contribution in [0.3, 0.4) is 0 Å². The van der Waals surface area contributed by atoms with Crippen molar-refractivity contribution in [2.75, 3.05) is 10.6 Å². The van der Waals surface area contributed by atoms with Crippen LogP contribution in [0.5, 0.6) is 0 Å². The number of rotatable bonds is 4. The van der Waals surface area contributed by atoms with E-state index in [1.54, 1.807) is 24.3 Å². The van der Waals surface area contributed by atoms with Gasteiger partial charge < -0.3 is 10.6 Å². The fourth-order valence-corrected chi connectivity index (χ4v) is 2.56. The summed E-state index contributed by atoms with van der Waals surface area (Å²) in [6.45, 7) is 0. The van der Waals surface area contributed by atoms with Crippen molar-refractivity contribution in [3.8, 4) is 0 Å². The van der Waals surface area contributed by atoms with Gasteiger partial charge in [-0.2, -0.15) is 26.3 Å². The van der Waals surface area contributed by atoms with Crippen LogP contribution in [0.2, 0.25) is 0 Å². The van der Waals surface area contributed by atoms with E-state index in [9.17, 15) is 26.3 Å². The minimum absolute atomic E-state index is 0.202. The zero-order chi connectivity index (χ0) is 20.4. The number of anilines is 4. The van der Waals surface area contributed by atoms with Crippen molar-refractivity contribution in [3.05, 3.63) is 83.9 Å². The summed E-state index contributed by atoms with van der Waals surface area (Å²) >= 11 is 0. The fraction of sp³-hybridized carbons (Fsp3) is 0.100. The van der Waals surface area contributed by atoms with Gasteiger partial charge in [-0.1, -0.05) is 24.3 Å². The zero-order valence-corrected chi connectivity index (χ0v) is 14.2. The molecule has 3 aromatic rings. The summed E-state index contributed by atoms with van der Waals surface area (Å²) in [5.41, 5.74) is -0.374. The highest BCUT2D eigenvalue weighted by Crippen LogP contribution is 2.35. The number of hydrogen-bond acceptors (Lipinski definition) is 2. The molecule has 0 atom stereocenters. The van der Waals surface area contributed by atoms with Gasteiger partial charge >= 0.3 is 12.4 Å². The minimum Gasteiger partial charge on any atom is -0.354 e. The Bertz CT molecular complexity index is 885. The molecule has 0 saturated heterocycles. The molecule has 146 valence electrons. The fourth-order valence-electron chi connectivity index (χ4n) is 2.56. The first kappa shape index (κ1) is 19.6. The molecule has 0 saturated carbocycles. The maximum atomic E-state index is 12.9. The van der Waals surface area contributed by atoms with Gasteiger partial charge in [-0.25, -0.2) is 0 Å². The molecule has 0 bridgehead atoms. The van der Waals surface area contributed by atoms with Gasteiger partial charge in [0.05, 0.1) is 22.5 Å². The Hall–Kier alpha value is -3.16. The molecular formula is C20H14F6N2. The summed E-state index contributed by atoms with van der Waals surface area (Å²) in [7, 11) is 0. The lowest BCUT2D eigenvalue weighted by molar-refractivity contribution is -0.138. The lowest BCUT2D eigenvalue weighted by Gasteiger charge is -2.16. The van der Waals surface area contributed by atoms with E-state index in [0.29, 0.717) is 11.4 Å². The first-order valence-electron chi connectivity index (χ1n) is 8.10. The SMILES string of the molecule is FC(F)(F)c1cccc(Nc2ccccc2Nc2cccc(C(F)(F)F)c2)c1. The summed E-state index contributed by atoms with van der Waals surface area (Å²) in [5.74, 6) is 0. The summed E-state index contributed by atoms with van der Waals surface area (Å²) in [5, 5.41) is 5.73. The van der Waals surface area contributed by atoms with Crippen molar-refractivity contribution in [2.45, 2.75) is 12.4 Å². The third-order valence-corrected chi connectivity index (χ3v) is 3.86. The van der Waals surface area contributed by atoms with Crippen molar-refractivity contribution in [2.24, 2.45) is 0 Å². The molecular weight excluding hydrogens is 382 g/mol. The van der Waals surface area contributed by atoms with Crippen LogP contribution in [0.15, 0.2) is 72.8 Å². The molecule has 0 aliphatic heterocycles. The van der Waals surface area contributed by atoms with Crippen LogP contribution in [0, 0.1) is 0 Å². The Balaban J connectivity index is 1.87. The second-order valence-corrected chi connectivity index (χ2v) is 5.95. The second kappa shape index (κ2) is 7.46. The first-order chi connectivity index (χ1) is 13.1. The molecule has 8 heteroatoms. The highest BCUT2D eigenvalue weighted by Gasteiger charge is 2.31. The van der Waals surface area contributed by atoms with E-state index in [-0.39, 0.29) is 11.4 Å². The normalized spacial score (nSPS) is 11.9. The van der Waals surface area contributed by atoms with Gasteiger partial charge in [-0.3, -0.25) is 0 Å². The maximum Gasteiger partial charge on any atom is 0.416 e. The van der Waals surface area contributed by atoms with E-state index in [4.69, 9.17) is 0 Å². The predicted octanol–water partition coefficient (Wildman–Crippen LogP) is 7.21. The van der Waals surface area contributed by atoms with E-state index >= 15 is 0 Å². The molecule has 0 aliphatic carbocycles. The predicted molar refractivity (Wildman–Crippen MR) is 95.9 cm³/mol. The Labute approximate surface area is 156 Å². The van der Waals surface area contributed by atoms with E-state index in [1.165, 1.54) is 24.3 Å². The Morgan fingerprint density at radius 1 is 0.500 bits per heavy atom. The maximum absolute atomic E-state index is 12.9. The second-order valence-electron chi connectivity index (χ2n) is 5.95. The average molecular weight is 396 g/mol. The molecule has 3 rings (SSSR count). The highest BCUT2D eigenvalue weighted by atomic mass is 19.4. The summed E-state index contributed by atoms with van der Waals surface area (Å²) < 4.78 is 77.3. The van der Waals surface area contributed by atoms with Crippen molar-refractivity contribution in [1.82, 2.24) is 0 Å².